The van der Waals surface area contributed by atoms with Crippen LogP contribution in [0, 0.1) is 6.92 Å². The topological polar surface area (TPSA) is 40.5 Å². The third-order valence-corrected chi connectivity index (χ3v) is 4.05. The molecule has 1 N–H and O–H groups in total. The number of carbonyl (C=O) groups is 1. The number of thiophene rings is 1. The van der Waals surface area contributed by atoms with E-state index in [1.807, 2.05) is 12.1 Å². The van der Waals surface area contributed by atoms with Gasteiger partial charge < -0.3 is 10.0 Å². The van der Waals surface area contributed by atoms with E-state index in [1.54, 1.807) is 18.4 Å². The van der Waals surface area contributed by atoms with Crippen LogP contribution in [0.4, 0.5) is 4.79 Å². The van der Waals surface area contributed by atoms with E-state index in [-0.39, 0.29) is 0 Å². The van der Waals surface area contributed by atoms with Gasteiger partial charge in [0.15, 0.2) is 0 Å². The zero-order valence-corrected chi connectivity index (χ0v) is 10.8. The number of rotatable bonds is 3. The van der Waals surface area contributed by atoms with E-state index >= 15 is 0 Å². The Morgan fingerprint density at radius 2 is 2.12 bits per heavy atom. The van der Waals surface area contributed by atoms with Crippen LogP contribution in [0.1, 0.15) is 10.4 Å². The van der Waals surface area contributed by atoms with Crippen LogP contribution in [0.15, 0.2) is 24.3 Å². The van der Waals surface area contributed by atoms with Gasteiger partial charge in [-0.3, -0.25) is 0 Å². The van der Waals surface area contributed by atoms with Crippen molar-refractivity contribution >= 4 is 27.5 Å². The van der Waals surface area contributed by atoms with Crippen molar-refractivity contribution in [3.63, 3.8) is 0 Å². The summed E-state index contributed by atoms with van der Waals surface area (Å²) in [5.41, 5.74) is 1.28. The van der Waals surface area contributed by atoms with Gasteiger partial charge in [-0.2, -0.15) is 0 Å². The molecule has 0 atom stereocenters. The SMILES string of the molecule is Cc1sc2ccccc2c1CCN(C)C(=O)O. The lowest BCUT2D eigenvalue weighted by atomic mass is 10.1. The molecule has 0 bridgehead atoms. The highest BCUT2D eigenvalue weighted by molar-refractivity contribution is 7.19. The molecule has 0 saturated heterocycles. The van der Waals surface area contributed by atoms with Crippen molar-refractivity contribution in [3.05, 3.63) is 34.7 Å². The molecule has 0 fully saturated rings. The standard InChI is InChI=1S/C13H15NO2S/c1-9-10(7-8-14(2)13(15)16)11-5-3-4-6-12(11)17-9/h3-6H,7-8H2,1-2H3,(H,15,16). The molecule has 0 unspecified atom stereocenters. The fraction of sp³-hybridized carbons (Fsp3) is 0.308. The van der Waals surface area contributed by atoms with Crippen molar-refractivity contribution in [2.24, 2.45) is 0 Å². The molecule has 3 nitrogen and oxygen atoms in total. The Morgan fingerprint density at radius 1 is 1.41 bits per heavy atom. The van der Waals surface area contributed by atoms with E-state index in [9.17, 15) is 4.79 Å². The lowest BCUT2D eigenvalue weighted by Crippen LogP contribution is -2.26. The molecule has 1 aromatic carbocycles. The molecule has 1 aromatic heterocycles. The predicted octanol–water partition coefficient (Wildman–Crippen LogP) is 3.36. The summed E-state index contributed by atoms with van der Waals surface area (Å²) in [6.07, 6.45) is -0.0965. The van der Waals surface area contributed by atoms with E-state index in [0.29, 0.717) is 6.54 Å². The van der Waals surface area contributed by atoms with Crippen LogP contribution in [-0.2, 0) is 6.42 Å². The summed E-state index contributed by atoms with van der Waals surface area (Å²) < 4.78 is 1.28. The Kier molecular flexibility index (Phi) is 3.33. The highest BCUT2D eigenvalue weighted by atomic mass is 32.1. The summed E-state index contributed by atoms with van der Waals surface area (Å²) in [6.45, 7) is 2.64. The van der Waals surface area contributed by atoms with Crippen molar-refractivity contribution in [3.8, 4) is 0 Å². The number of nitrogens with zero attached hydrogens (tertiary/aromatic N) is 1. The second-order valence-corrected chi connectivity index (χ2v) is 5.34. The van der Waals surface area contributed by atoms with Crippen LogP contribution in [0.25, 0.3) is 10.1 Å². The van der Waals surface area contributed by atoms with Crippen molar-refractivity contribution in [2.45, 2.75) is 13.3 Å². The molecule has 2 rings (SSSR count). The van der Waals surface area contributed by atoms with Gasteiger partial charge in [0.2, 0.25) is 0 Å². The van der Waals surface area contributed by atoms with Crippen LogP contribution in [0.5, 0.6) is 0 Å². The van der Waals surface area contributed by atoms with E-state index in [0.717, 1.165) is 6.42 Å². The normalized spacial score (nSPS) is 10.7. The highest BCUT2D eigenvalue weighted by Crippen LogP contribution is 2.30. The van der Waals surface area contributed by atoms with Gasteiger partial charge in [0.25, 0.3) is 0 Å². The minimum absolute atomic E-state index is 0.539. The number of aryl methyl sites for hydroxylation is 1. The van der Waals surface area contributed by atoms with Crippen molar-refractivity contribution in [2.75, 3.05) is 13.6 Å². The number of amides is 1. The molecule has 90 valence electrons. The minimum atomic E-state index is -0.873. The fourth-order valence-electron chi connectivity index (χ4n) is 1.91. The minimum Gasteiger partial charge on any atom is -0.465 e. The number of hydrogen-bond acceptors (Lipinski definition) is 2. The van der Waals surface area contributed by atoms with Crippen molar-refractivity contribution in [1.29, 1.82) is 0 Å². The van der Waals surface area contributed by atoms with Gasteiger partial charge in [0.05, 0.1) is 0 Å². The Labute approximate surface area is 104 Å². The van der Waals surface area contributed by atoms with Gasteiger partial charge in [-0.25, -0.2) is 4.79 Å². The van der Waals surface area contributed by atoms with E-state index in [1.165, 1.54) is 25.4 Å². The molecule has 0 aliphatic carbocycles. The molecule has 4 heteroatoms. The largest absolute Gasteiger partial charge is 0.465 e. The van der Waals surface area contributed by atoms with Crippen molar-refractivity contribution in [1.82, 2.24) is 4.90 Å². The van der Waals surface area contributed by atoms with Crippen LogP contribution in [0.3, 0.4) is 0 Å². The van der Waals surface area contributed by atoms with Gasteiger partial charge >= 0.3 is 6.09 Å². The molecule has 1 amide bonds. The van der Waals surface area contributed by atoms with Gasteiger partial charge in [0, 0.05) is 23.2 Å². The first kappa shape index (κ1) is 11.9. The maximum absolute atomic E-state index is 10.7. The van der Waals surface area contributed by atoms with Crippen LogP contribution in [-0.4, -0.2) is 29.7 Å². The third-order valence-electron chi connectivity index (χ3n) is 2.92. The molecule has 2 aromatic rings. The summed E-state index contributed by atoms with van der Waals surface area (Å²) in [4.78, 5) is 13.3. The molecule has 0 aliphatic rings. The first-order valence-electron chi connectivity index (χ1n) is 5.50. The average molecular weight is 249 g/mol. The second kappa shape index (κ2) is 4.75. The lowest BCUT2D eigenvalue weighted by molar-refractivity contribution is 0.156. The Balaban J connectivity index is 2.23. The summed E-state index contributed by atoms with van der Waals surface area (Å²) >= 11 is 1.77. The Hall–Kier alpha value is -1.55. The van der Waals surface area contributed by atoms with Gasteiger partial charge in [-0.05, 0) is 30.4 Å². The zero-order chi connectivity index (χ0) is 12.4. The maximum atomic E-state index is 10.7. The van der Waals surface area contributed by atoms with Gasteiger partial charge in [-0.15, -0.1) is 11.3 Å². The molecule has 0 spiro atoms. The molecule has 0 radical (unpaired) electrons. The van der Waals surface area contributed by atoms with Crippen LogP contribution in [0.2, 0.25) is 0 Å². The number of carboxylic acid groups (broad SMARTS) is 1. The molecular formula is C13H15NO2S. The van der Waals surface area contributed by atoms with Crippen LogP contribution < -0.4 is 0 Å². The van der Waals surface area contributed by atoms with Crippen molar-refractivity contribution < 1.29 is 9.90 Å². The summed E-state index contributed by atoms with van der Waals surface area (Å²) in [5, 5.41) is 10.1. The molecule has 0 aliphatic heterocycles. The summed E-state index contributed by atoms with van der Waals surface area (Å²) in [6, 6.07) is 8.27. The number of likely N-dealkylation sites (N-methyl/N-ethyl adjacent to an activating group) is 1. The highest BCUT2D eigenvalue weighted by Gasteiger charge is 2.11. The monoisotopic (exact) mass is 249 g/mol. The van der Waals surface area contributed by atoms with E-state index < -0.39 is 6.09 Å². The fourth-order valence-corrected chi connectivity index (χ4v) is 3.02. The lowest BCUT2D eigenvalue weighted by Gasteiger charge is -2.12. The molecule has 17 heavy (non-hydrogen) atoms. The smallest absolute Gasteiger partial charge is 0.407 e. The summed E-state index contributed by atoms with van der Waals surface area (Å²) in [7, 11) is 1.60. The first-order chi connectivity index (χ1) is 8.09. The third kappa shape index (κ3) is 2.42. The van der Waals surface area contributed by atoms with Crippen LogP contribution >= 0.6 is 11.3 Å². The zero-order valence-electron chi connectivity index (χ0n) is 9.93. The van der Waals surface area contributed by atoms with Gasteiger partial charge in [0.1, 0.15) is 0 Å². The van der Waals surface area contributed by atoms with E-state index in [2.05, 4.69) is 19.1 Å². The number of benzene rings is 1. The predicted molar refractivity (Wildman–Crippen MR) is 70.9 cm³/mol. The number of fused-ring (bicyclic) bond motifs is 1. The summed E-state index contributed by atoms with van der Waals surface area (Å²) in [5.74, 6) is 0. The quantitative estimate of drug-likeness (QED) is 0.906. The van der Waals surface area contributed by atoms with Gasteiger partial charge in [-0.1, -0.05) is 18.2 Å². The average Bonchev–Trinajstić information content (AvgIpc) is 2.61. The first-order valence-corrected chi connectivity index (χ1v) is 6.32. The van der Waals surface area contributed by atoms with E-state index in [4.69, 9.17) is 5.11 Å². The number of hydrogen-bond donors (Lipinski definition) is 1. The maximum Gasteiger partial charge on any atom is 0.407 e. The molecule has 0 saturated carbocycles. The Bertz CT molecular complexity index is 547. The second-order valence-electron chi connectivity index (χ2n) is 4.09. The Morgan fingerprint density at radius 3 is 2.82 bits per heavy atom. The molecule has 1 heterocycles. The molecular weight excluding hydrogens is 234 g/mol.